The molecule has 0 spiro atoms. The molecular formula is C10H7Cl2N5O3. The number of nitrogens with two attached hydrogens (primary N) is 1. The predicted octanol–water partition coefficient (Wildman–Crippen LogP) is 0.961. The fraction of sp³-hybridized carbons (Fsp3) is 0. The number of rotatable bonds is 3. The summed E-state index contributed by atoms with van der Waals surface area (Å²) >= 11 is 11.6. The van der Waals surface area contributed by atoms with Crippen molar-refractivity contribution in [3.8, 4) is 0 Å². The van der Waals surface area contributed by atoms with Crippen LogP contribution in [0, 0.1) is 5.21 Å². The molecule has 1 amide bonds. The Hall–Kier alpha value is -2.32. The van der Waals surface area contributed by atoms with Gasteiger partial charge < -0.3 is 10.9 Å². The fourth-order valence-corrected chi connectivity index (χ4v) is 1.73. The number of anilines is 1. The summed E-state index contributed by atoms with van der Waals surface area (Å²) in [6.45, 7) is 0. The van der Waals surface area contributed by atoms with Gasteiger partial charge in [-0.25, -0.2) is 5.43 Å². The quantitative estimate of drug-likeness (QED) is 0.496. The molecule has 104 valence electrons. The molecule has 0 aliphatic heterocycles. The Morgan fingerprint density at radius 2 is 2.30 bits per heavy atom. The summed E-state index contributed by atoms with van der Waals surface area (Å²) in [5.74, 6) is -1.20. The zero-order valence-electron chi connectivity index (χ0n) is 9.71. The molecule has 2 rings (SSSR count). The van der Waals surface area contributed by atoms with Crippen molar-refractivity contribution in [3.05, 3.63) is 44.7 Å². The summed E-state index contributed by atoms with van der Waals surface area (Å²) in [4.78, 5) is 11.5. The van der Waals surface area contributed by atoms with Crippen molar-refractivity contribution in [1.29, 1.82) is 0 Å². The van der Waals surface area contributed by atoms with E-state index in [2.05, 4.69) is 20.3 Å². The molecule has 0 aliphatic carbocycles. The standard InChI is InChI=1S/C10H7Cl2N5O3/c11-6-2-1-5(7(12)3-6)4-14-15-10(18)8-9(13)16-20-17(8)19/h1-4H,(H2,13,16)(H,15,18). The third-order valence-electron chi connectivity index (χ3n) is 2.19. The number of hydrogen-bond acceptors (Lipinski definition) is 6. The maximum Gasteiger partial charge on any atom is 0.322 e. The molecule has 20 heavy (non-hydrogen) atoms. The van der Waals surface area contributed by atoms with Crippen molar-refractivity contribution >= 4 is 41.1 Å². The van der Waals surface area contributed by atoms with E-state index in [0.717, 1.165) is 0 Å². The molecule has 8 nitrogen and oxygen atoms in total. The van der Waals surface area contributed by atoms with Crippen LogP contribution in [0.4, 0.5) is 5.82 Å². The number of nitrogen functional groups attached to an aromatic ring is 1. The third kappa shape index (κ3) is 2.98. The number of carbonyl (C=O) groups excluding carboxylic acids is 1. The van der Waals surface area contributed by atoms with Crippen LogP contribution in [0.3, 0.4) is 0 Å². The predicted molar refractivity (Wildman–Crippen MR) is 71.4 cm³/mol. The Morgan fingerprint density at radius 3 is 2.90 bits per heavy atom. The number of hydrogen-bond donors (Lipinski definition) is 2. The van der Waals surface area contributed by atoms with Gasteiger partial charge in [-0.15, -0.1) is 0 Å². The highest BCUT2D eigenvalue weighted by molar-refractivity contribution is 6.36. The average molecular weight is 316 g/mol. The number of nitrogens with zero attached hydrogens (tertiary/aromatic N) is 3. The summed E-state index contributed by atoms with van der Waals surface area (Å²) in [7, 11) is 0. The van der Waals surface area contributed by atoms with Crippen LogP contribution in [-0.4, -0.2) is 17.3 Å². The highest BCUT2D eigenvalue weighted by Crippen LogP contribution is 2.19. The lowest BCUT2D eigenvalue weighted by Crippen LogP contribution is -2.36. The number of benzene rings is 1. The molecule has 0 bridgehead atoms. The van der Waals surface area contributed by atoms with Gasteiger partial charge in [-0.05, 0) is 17.0 Å². The Labute approximate surface area is 122 Å². The second-order valence-corrected chi connectivity index (χ2v) is 4.37. The molecule has 0 saturated carbocycles. The number of halogens is 2. The maximum atomic E-state index is 11.6. The Bertz CT molecular complexity index is 666. The topological polar surface area (TPSA) is 120 Å². The lowest BCUT2D eigenvalue weighted by molar-refractivity contribution is -0.803. The molecule has 1 aromatic carbocycles. The first-order valence-corrected chi connectivity index (χ1v) is 5.88. The zero-order valence-corrected chi connectivity index (χ0v) is 11.2. The molecule has 0 unspecified atom stereocenters. The van der Waals surface area contributed by atoms with Gasteiger partial charge in [0.2, 0.25) is 0 Å². The van der Waals surface area contributed by atoms with Gasteiger partial charge >= 0.3 is 17.4 Å². The minimum Gasteiger partial charge on any atom is -0.359 e. The Kier molecular flexibility index (Phi) is 4.06. The van der Waals surface area contributed by atoms with Crippen molar-refractivity contribution in [1.82, 2.24) is 10.6 Å². The number of aromatic nitrogens is 2. The first kappa shape index (κ1) is 14.1. The third-order valence-corrected chi connectivity index (χ3v) is 2.75. The van der Waals surface area contributed by atoms with E-state index in [1.165, 1.54) is 12.3 Å². The lowest BCUT2D eigenvalue weighted by atomic mass is 10.2. The molecule has 2 aromatic rings. The second kappa shape index (κ2) is 5.76. The molecule has 1 aromatic heterocycles. The molecule has 0 radical (unpaired) electrons. The monoisotopic (exact) mass is 315 g/mol. The summed E-state index contributed by atoms with van der Waals surface area (Å²) in [5.41, 5.74) is 7.44. The second-order valence-electron chi connectivity index (χ2n) is 3.53. The van der Waals surface area contributed by atoms with E-state index in [9.17, 15) is 10.0 Å². The molecule has 0 saturated heterocycles. The van der Waals surface area contributed by atoms with E-state index in [1.807, 2.05) is 0 Å². The van der Waals surface area contributed by atoms with Gasteiger partial charge in [0.05, 0.1) is 16.4 Å². The minimum atomic E-state index is -0.861. The van der Waals surface area contributed by atoms with E-state index in [-0.39, 0.29) is 10.7 Å². The van der Waals surface area contributed by atoms with Gasteiger partial charge in [-0.2, -0.15) is 5.10 Å². The SMILES string of the molecule is Nc1no[n+]([O-])c1C(=O)NN=Cc1ccc(Cl)cc1Cl. The van der Waals surface area contributed by atoms with Crippen molar-refractivity contribution in [3.63, 3.8) is 0 Å². The van der Waals surface area contributed by atoms with Gasteiger partial charge in [0.25, 0.3) is 0 Å². The molecule has 10 heteroatoms. The van der Waals surface area contributed by atoms with Crippen molar-refractivity contribution < 1.29 is 14.3 Å². The first-order chi connectivity index (χ1) is 9.49. The molecule has 0 fully saturated rings. The maximum absolute atomic E-state index is 11.6. The van der Waals surface area contributed by atoms with Gasteiger partial charge in [0, 0.05) is 10.6 Å². The molecule has 0 atom stereocenters. The smallest absolute Gasteiger partial charge is 0.322 e. The van der Waals surface area contributed by atoms with Crippen molar-refractivity contribution in [2.24, 2.45) is 5.10 Å². The van der Waals surface area contributed by atoms with Crippen LogP contribution in [0.1, 0.15) is 16.1 Å². The fourth-order valence-electron chi connectivity index (χ4n) is 1.28. The molecule has 1 heterocycles. The molecule has 3 N–H and O–H groups in total. The molecule has 0 aliphatic rings. The largest absolute Gasteiger partial charge is 0.359 e. The van der Waals surface area contributed by atoms with Crippen LogP contribution in [0.15, 0.2) is 27.9 Å². The van der Waals surface area contributed by atoms with Crippen molar-refractivity contribution in [2.75, 3.05) is 5.73 Å². The van der Waals surface area contributed by atoms with Crippen LogP contribution in [0.25, 0.3) is 0 Å². The average Bonchev–Trinajstić information content (AvgIpc) is 2.71. The number of nitrogens with one attached hydrogen (secondary N) is 1. The van der Waals surface area contributed by atoms with Crippen LogP contribution in [0.5, 0.6) is 0 Å². The highest BCUT2D eigenvalue weighted by Gasteiger charge is 2.23. The van der Waals surface area contributed by atoms with Gasteiger partial charge in [0.1, 0.15) is 0 Å². The molecular weight excluding hydrogens is 309 g/mol. The van der Waals surface area contributed by atoms with Gasteiger partial charge in [-0.3, -0.25) is 9.42 Å². The highest BCUT2D eigenvalue weighted by atomic mass is 35.5. The van der Waals surface area contributed by atoms with Crippen LogP contribution < -0.4 is 16.1 Å². The summed E-state index contributed by atoms with van der Waals surface area (Å²) in [6.07, 6.45) is 1.29. The van der Waals surface area contributed by atoms with Crippen LogP contribution in [0.2, 0.25) is 10.0 Å². The number of hydrazone groups is 1. The van der Waals surface area contributed by atoms with E-state index in [1.54, 1.807) is 12.1 Å². The first-order valence-electron chi connectivity index (χ1n) is 5.12. The van der Waals surface area contributed by atoms with Crippen LogP contribution in [-0.2, 0) is 0 Å². The van der Waals surface area contributed by atoms with Gasteiger partial charge in [-0.1, -0.05) is 29.3 Å². The Balaban J connectivity index is 2.09. The van der Waals surface area contributed by atoms with Crippen molar-refractivity contribution in [2.45, 2.75) is 0 Å². The van der Waals surface area contributed by atoms with Crippen LogP contribution >= 0.6 is 23.2 Å². The summed E-state index contributed by atoms with van der Waals surface area (Å²) in [5, 5.41) is 18.7. The van der Waals surface area contributed by atoms with Gasteiger partial charge in [0.15, 0.2) is 0 Å². The van der Waals surface area contributed by atoms with E-state index < -0.39 is 11.6 Å². The normalized spacial score (nSPS) is 10.9. The zero-order chi connectivity index (χ0) is 14.7. The number of carbonyl (C=O) groups is 1. The Morgan fingerprint density at radius 1 is 1.55 bits per heavy atom. The van der Waals surface area contributed by atoms with E-state index in [4.69, 9.17) is 28.9 Å². The lowest BCUT2D eigenvalue weighted by Gasteiger charge is -1.99. The summed E-state index contributed by atoms with van der Waals surface area (Å²) < 4.78 is 4.15. The van der Waals surface area contributed by atoms with E-state index in [0.29, 0.717) is 15.6 Å². The summed E-state index contributed by atoms with van der Waals surface area (Å²) in [6, 6.07) is 4.75. The van der Waals surface area contributed by atoms with E-state index >= 15 is 0 Å². The number of amides is 1. The minimum absolute atomic E-state index is 0.116.